The third kappa shape index (κ3) is 10.1. The first-order valence-corrected chi connectivity index (χ1v) is 5.13. The van der Waals surface area contributed by atoms with Crippen LogP contribution in [0.5, 0.6) is 0 Å². The molecule has 0 radical (unpaired) electrons. The highest BCUT2D eigenvalue weighted by Crippen LogP contribution is 2.34. The average molecular weight is 250 g/mol. The highest BCUT2D eigenvalue weighted by Gasteiger charge is 2.35. The number of hydrogen-bond donors (Lipinski definition) is 0. The summed E-state index contributed by atoms with van der Waals surface area (Å²) >= 11 is 0. The fourth-order valence-electron chi connectivity index (χ4n) is 1.67. The van der Waals surface area contributed by atoms with Crippen molar-refractivity contribution in [3.63, 3.8) is 0 Å². The number of rotatable bonds is 5. The van der Waals surface area contributed by atoms with Gasteiger partial charge < -0.3 is 0 Å². The van der Waals surface area contributed by atoms with Gasteiger partial charge in [-0.15, -0.1) is 0 Å². The van der Waals surface area contributed by atoms with Gasteiger partial charge in [0.25, 0.3) is 0 Å². The Morgan fingerprint density at radius 2 is 1.38 bits per heavy atom. The monoisotopic (exact) mass is 250 g/mol. The summed E-state index contributed by atoms with van der Waals surface area (Å²) in [6, 6.07) is 0. The molecule has 0 aliphatic rings. The van der Waals surface area contributed by atoms with Gasteiger partial charge in [-0.1, -0.05) is 13.8 Å². The van der Waals surface area contributed by atoms with Crippen molar-refractivity contribution >= 4 is 0 Å². The van der Waals surface area contributed by atoms with Crippen molar-refractivity contribution in [2.24, 2.45) is 11.8 Å². The van der Waals surface area contributed by atoms with Crippen LogP contribution >= 0.6 is 0 Å². The largest absolute Gasteiger partial charge is 0.389 e. The van der Waals surface area contributed by atoms with E-state index in [0.717, 1.165) is 0 Å². The highest BCUT2D eigenvalue weighted by molar-refractivity contribution is 4.68. The van der Waals surface area contributed by atoms with E-state index in [0.29, 0.717) is 0 Å². The SMILES string of the molecule is CC(C)CC(CCC(F)(F)F)CC(F)(F)F. The summed E-state index contributed by atoms with van der Waals surface area (Å²) in [5.41, 5.74) is 0. The minimum Gasteiger partial charge on any atom is -0.171 e. The standard InChI is InChI=1S/C10H16F6/c1-7(2)5-8(6-10(14,15)16)3-4-9(11,12)13/h7-8H,3-6H2,1-2H3. The first-order valence-electron chi connectivity index (χ1n) is 5.13. The second-order valence-corrected chi connectivity index (χ2v) is 4.47. The molecule has 0 rings (SSSR count). The predicted octanol–water partition coefficient (Wildman–Crippen LogP) is 4.94. The van der Waals surface area contributed by atoms with Crippen LogP contribution in [0, 0.1) is 11.8 Å². The van der Waals surface area contributed by atoms with E-state index in [-0.39, 0.29) is 12.3 Å². The summed E-state index contributed by atoms with van der Waals surface area (Å²) in [5.74, 6) is -0.956. The topological polar surface area (TPSA) is 0 Å². The fraction of sp³-hybridized carbons (Fsp3) is 1.00. The van der Waals surface area contributed by atoms with Crippen molar-refractivity contribution in [3.8, 4) is 0 Å². The Hall–Kier alpha value is -0.420. The van der Waals surface area contributed by atoms with Gasteiger partial charge in [-0.2, -0.15) is 26.3 Å². The van der Waals surface area contributed by atoms with E-state index in [4.69, 9.17) is 0 Å². The first-order chi connectivity index (χ1) is 6.99. The maximum absolute atomic E-state index is 12.1. The van der Waals surface area contributed by atoms with Gasteiger partial charge >= 0.3 is 12.4 Å². The van der Waals surface area contributed by atoms with E-state index in [1.54, 1.807) is 13.8 Å². The van der Waals surface area contributed by atoms with Gasteiger partial charge in [0.2, 0.25) is 0 Å². The molecule has 6 heteroatoms. The van der Waals surface area contributed by atoms with Crippen LogP contribution in [-0.4, -0.2) is 12.4 Å². The van der Waals surface area contributed by atoms with Crippen LogP contribution in [0.4, 0.5) is 26.3 Å². The third-order valence-corrected chi connectivity index (χ3v) is 2.16. The molecule has 0 saturated carbocycles. The van der Waals surface area contributed by atoms with E-state index in [2.05, 4.69) is 0 Å². The van der Waals surface area contributed by atoms with Crippen LogP contribution in [0.15, 0.2) is 0 Å². The van der Waals surface area contributed by atoms with Crippen molar-refractivity contribution in [1.29, 1.82) is 0 Å². The van der Waals surface area contributed by atoms with Gasteiger partial charge in [-0.25, -0.2) is 0 Å². The molecule has 0 bridgehead atoms. The molecule has 1 unspecified atom stereocenters. The van der Waals surface area contributed by atoms with Gasteiger partial charge in [0.05, 0.1) is 0 Å². The molecule has 0 heterocycles. The minimum absolute atomic E-state index is 0.0272. The molecule has 98 valence electrons. The summed E-state index contributed by atoms with van der Waals surface area (Å²) in [6.45, 7) is 3.41. The summed E-state index contributed by atoms with van der Waals surface area (Å²) in [5, 5.41) is 0. The van der Waals surface area contributed by atoms with Gasteiger partial charge in [0.1, 0.15) is 0 Å². The predicted molar refractivity (Wildman–Crippen MR) is 48.9 cm³/mol. The van der Waals surface area contributed by atoms with E-state index < -0.39 is 37.5 Å². The molecular formula is C10H16F6. The Morgan fingerprint density at radius 3 is 1.69 bits per heavy atom. The molecule has 16 heavy (non-hydrogen) atoms. The number of alkyl halides is 6. The summed E-state index contributed by atoms with van der Waals surface area (Å²) in [4.78, 5) is 0. The van der Waals surface area contributed by atoms with Crippen molar-refractivity contribution in [2.45, 2.75) is 51.9 Å². The zero-order valence-electron chi connectivity index (χ0n) is 9.25. The molecule has 0 N–H and O–H groups in total. The third-order valence-electron chi connectivity index (χ3n) is 2.16. The molecule has 0 aromatic heterocycles. The Balaban J connectivity index is 4.22. The normalized spacial score (nSPS) is 15.6. The first kappa shape index (κ1) is 15.6. The number of hydrogen-bond acceptors (Lipinski definition) is 0. The highest BCUT2D eigenvalue weighted by atomic mass is 19.4. The second kappa shape index (κ2) is 5.77. The minimum atomic E-state index is -4.38. The van der Waals surface area contributed by atoms with Gasteiger partial charge in [-0.05, 0) is 24.7 Å². The van der Waals surface area contributed by atoms with Crippen molar-refractivity contribution in [3.05, 3.63) is 0 Å². The molecular weight excluding hydrogens is 234 g/mol. The van der Waals surface area contributed by atoms with Crippen LogP contribution in [0.1, 0.15) is 39.5 Å². The van der Waals surface area contributed by atoms with Crippen molar-refractivity contribution in [1.82, 2.24) is 0 Å². The van der Waals surface area contributed by atoms with E-state index in [1.165, 1.54) is 0 Å². The Kier molecular flexibility index (Phi) is 5.62. The van der Waals surface area contributed by atoms with Crippen LogP contribution in [-0.2, 0) is 0 Å². The zero-order valence-corrected chi connectivity index (χ0v) is 9.25. The maximum atomic E-state index is 12.1. The summed E-state index contributed by atoms with van der Waals surface area (Å²) < 4.78 is 72.0. The Morgan fingerprint density at radius 1 is 0.875 bits per heavy atom. The van der Waals surface area contributed by atoms with Crippen LogP contribution in [0.3, 0.4) is 0 Å². The lowest BCUT2D eigenvalue weighted by Gasteiger charge is -2.21. The molecule has 0 nitrogen and oxygen atoms in total. The van der Waals surface area contributed by atoms with E-state index in [9.17, 15) is 26.3 Å². The number of halogens is 6. The lowest BCUT2D eigenvalue weighted by molar-refractivity contribution is -0.157. The Bertz CT molecular complexity index is 190. The molecule has 0 fully saturated rings. The summed E-state index contributed by atoms with van der Waals surface area (Å²) in [7, 11) is 0. The molecule has 0 aliphatic heterocycles. The van der Waals surface area contributed by atoms with Gasteiger partial charge in [0.15, 0.2) is 0 Å². The lowest BCUT2D eigenvalue weighted by atomic mass is 9.90. The quantitative estimate of drug-likeness (QED) is 0.606. The zero-order chi connectivity index (χ0) is 13.0. The lowest BCUT2D eigenvalue weighted by Crippen LogP contribution is -2.19. The average Bonchev–Trinajstić information content (AvgIpc) is 1.94. The molecule has 0 aromatic rings. The van der Waals surface area contributed by atoms with Crippen LogP contribution in [0.2, 0.25) is 0 Å². The van der Waals surface area contributed by atoms with Crippen LogP contribution in [0.25, 0.3) is 0 Å². The fourth-order valence-corrected chi connectivity index (χ4v) is 1.67. The van der Waals surface area contributed by atoms with Crippen LogP contribution < -0.4 is 0 Å². The molecule has 0 aliphatic carbocycles. The van der Waals surface area contributed by atoms with E-state index >= 15 is 0 Å². The summed E-state index contributed by atoms with van der Waals surface area (Å²) in [6.07, 6.45) is -11.3. The Labute approximate surface area is 91.0 Å². The van der Waals surface area contributed by atoms with Crippen molar-refractivity contribution in [2.75, 3.05) is 0 Å². The molecule has 0 saturated heterocycles. The molecule has 0 aromatic carbocycles. The van der Waals surface area contributed by atoms with E-state index in [1.807, 2.05) is 0 Å². The molecule has 1 atom stereocenters. The maximum Gasteiger partial charge on any atom is 0.389 e. The van der Waals surface area contributed by atoms with Gasteiger partial charge in [-0.3, -0.25) is 0 Å². The van der Waals surface area contributed by atoms with Gasteiger partial charge in [0, 0.05) is 12.8 Å². The molecule has 0 amide bonds. The molecule has 0 spiro atoms. The second-order valence-electron chi connectivity index (χ2n) is 4.47. The smallest absolute Gasteiger partial charge is 0.171 e. The van der Waals surface area contributed by atoms with Crippen molar-refractivity contribution < 1.29 is 26.3 Å².